The molecule has 9 nitrogen and oxygen atoms in total. The molecule has 0 saturated carbocycles. The Labute approximate surface area is 321 Å². The van der Waals surface area contributed by atoms with Gasteiger partial charge in [0.05, 0.1) is 17.4 Å². The van der Waals surface area contributed by atoms with E-state index in [-0.39, 0.29) is 29.7 Å². The van der Waals surface area contributed by atoms with Crippen LogP contribution in [-0.4, -0.2) is 24.1 Å². The lowest BCUT2D eigenvalue weighted by Crippen LogP contribution is -2.18. The molecule has 0 spiro atoms. The van der Waals surface area contributed by atoms with Gasteiger partial charge in [-0.2, -0.15) is 5.26 Å². The number of nitrogens with zero attached hydrogens (tertiary/aromatic N) is 3. The summed E-state index contributed by atoms with van der Waals surface area (Å²) in [6, 6.07) is 24.9. The fourth-order valence-corrected chi connectivity index (χ4v) is 5.01. The second-order valence-electron chi connectivity index (χ2n) is 12.1. The molecule has 0 heterocycles. The number of nitrogens with one attached hydrogen (secondary N) is 2. The zero-order valence-corrected chi connectivity index (χ0v) is 33.3. The van der Waals surface area contributed by atoms with E-state index in [1.807, 2.05) is 63.2 Å². The molecule has 0 aliphatic heterocycles. The fraction of sp³-hybridized carbons (Fsp3) is 0.364. The molecule has 4 aromatic rings. The number of halogens is 1. The van der Waals surface area contributed by atoms with Gasteiger partial charge in [-0.05, 0) is 78.9 Å². The maximum absolute atomic E-state index is 15.3. The molecule has 4 rings (SSSR count). The van der Waals surface area contributed by atoms with E-state index in [4.69, 9.17) is 10.00 Å². The predicted octanol–water partition coefficient (Wildman–Crippen LogP) is 12.3. The molecule has 0 radical (unpaired) electrons. The first-order chi connectivity index (χ1) is 26.0. The monoisotopic (exact) mass is 737 g/mol. The van der Waals surface area contributed by atoms with Gasteiger partial charge in [-0.3, -0.25) is 14.6 Å². The molecule has 4 aromatic carbocycles. The van der Waals surface area contributed by atoms with Crippen LogP contribution in [0.1, 0.15) is 115 Å². The number of benzene rings is 4. The van der Waals surface area contributed by atoms with Crippen LogP contribution >= 0.6 is 0 Å². The van der Waals surface area contributed by atoms with Crippen LogP contribution in [0.15, 0.2) is 89.0 Å². The Kier molecular flexibility index (Phi) is 22.4. The van der Waals surface area contributed by atoms with Gasteiger partial charge < -0.3 is 15.4 Å². The largest absolute Gasteiger partial charge is 0.489 e. The number of rotatable bonds is 14. The normalized spacial score (nSPS) is 10.5. The topological polar surface area (TPSA) is 133 Å². The average Bonchev–Trinajstić information content (AvgIpc) is 3.17. The van der Waals surface area contributed by atoms with Crippen molar-refractivity contribution in [3.05, 3.63) is 112 Å². The molecule has 0 saturated heterocycles. The molecule has 0 aromatic heterocycles. The lowest BCUT2D eigenvalue weighted by Gasteiger charge is -2.19. The van der Waals surface area contributed by atoms with E-state index >= 15 is 4.39 Å². The van der Waals surface area contributed by atoms with E-state index in [9.17, 15) is 14.5 Å². The summed E-state index contributed by atoms with van der Waals surface area (Å²) in [4.78, 5) is 39.0. The van der Waals surface area contributed by atoms with Gasteiger partial charge in [0.1, 0.15) is 18.2 Å². The molecule has 0 bridgehead atoms. The van der Waals surface area contributed by atoms with E-state index in [1.165, 1.54) is 44.7 Å². The third-order valence-electron chi connectivity index (χ3n) is 7.58. The minimum Gasteiger partial charge on any atom is -0.489 e. The van der Waals surface area contributed by atoms with E-state index in [1.54, 1.807) is 24.3 Å². The summed E-state index contributed by atoms with van der Waals surface area (Å²) >= 11 is 0. The van der Waals surface area contributed by atoms with Crippen molar-refractivity contribution in [1.82, 2.24) is 0 Å². The number of hydrogen-bond donors (Lipinski definition) is 2. The molecule has 10 heteroatoms. The molecule has 54 heavy (non-hydrogen) atoms. The van der Waals surface area contributed by atoms with E-state index in [2.05, 4.69) is 48.5 Å². The van der Waals surface area contributed by atoms with Gasteiger partial charge in [0, 0.05) is 54.2 Å². The van der Waals surface area contributed by atoms with Gasteiger partial charge in [0.25, 0.3) is 0 Å². The highest BCUT2D eigenvalue weighted by Gasteiger charge is 2.14. The number of unbranched alkanes of at least 4 members (excludes halogenated alkanes) is 1. The smallest absolute Gasteiger partial charge is 0.316 e. The lowest BCUT2D eigenvalue weighted by molar-refractivity contribution is -0.114. The third-order valence-corrected chi connectivity index (χ3v) is 7.58. The van der Waals surface area contributed by atoms with E-state index < -0.39 is 11.7 Å². The van der Waals surface area contributed by atoms with E-state index in [0.717, 1.165) is 47.9 Å². The highest BCUT2D eigenvalue weighted by atomic mass is 19.1. The molecule has 0 aliphatic carbocycles. The molecule has 0 aliphatic rings. The van der Waals surface area contributed by atoms with E-state index in [0.29, 0.717) is 22.8 Å². The maximum Gasteiger partial charge on any atom is 0.316 e. The summed E-state index contributed by atoms with van der Waals surface area (Å²) in [5.41, 5.74) is 5.92. The molecule has 2 N–H and O–H groups in total. The summed E-state index contributed by atoms with van der Waals surface area (Å²) < 4.78 is 21.3. The molecular weight excluding hydrogens is 682 g/mol. The fourth-order valence-electron chi connectivity index (χ4n) is 5.01. The summed E-state index contributed by atoms with van der Waals surface area (Å²) in [5, 5.41) is 16.1. The number of aryl methyl sites for hydroxylation is 1. The standard InChI is InChI=1S/C37H39FN4O4.C3H8.C2H3N.C2H6/c1-5-7-8-30(6-2)41-35-18-14-27(37(44)42-45)20-36(35)39-22-28-13-16-32(21-34(28)38)46-23-29-19-31(40-25(4)43)15-17-33(29)26-11-9-24(3)10-12-26;1-3-2;1-2-3;1-2/h9-22,30,41H,5-8,23H2,1-4H3,(H,40,43);3H2,1-2H3;1H3;1-2H3. The molecule has 1 unspecified atom stereocenters. The Bertz CT molecular complexity index is 1830. The number of amides is 2. The van der Waals surface area contributed by atoms with Gasteiger partial charge >= 0.3 is 5.91 Å². The number of nitriles is 1. The zero-order chi connectivity index (χ0) is 40.5. The van der Waals surface area contributed by atoms with Crippen LogP contribution in [0.25, 0.3) is 11.1 Å². The highest BCUT2D eigenvalue weighted by molar-refractivity contribution is 5.97. The first kappa shape index (κ1) is 46.3. The van der Waals surface area contributed by atoms with Gasteiger partial charge in [0.2, 0.25) is 5.91 Å². The minimum absolute atomic E-state index is 0.103. The summed E-state index contributed by atoms with van der Waals surface area (Å²) in [6.45, 7) is 17.5. The molecule has 1 atom stereocenters. The van der Waals surface area contributed by atoms with Crippen LogP contribution < -0.4 is 15.4 Å². The maximum atomic E-state index is 15.3. The lowest BCUT2D eigenvalue weighted by atomic mass is 9.98. The SMILES string of the molecule is CC.CC#N.CCC.CCCCC(CC)Nc1ccc(C(=O)N=O)cc1N=Cc1ccc(OCc2cc(NC(C)=O)ccc2-c2ccc(C)cc2)cc1F. The van der Waals surface area contributed by atoms with Crippen molar-refractivity contribution in [2.45, 2.75) is 107 Å². The van der Waals surface area contributed by atoms with Crippen molar-refractivity contribution >= 4 is 35.1 Å². The average molecular weight is 738 g/mol. The molecule has 0 fully saturated rings. The van der Waals surface area contributed by atoms with Crippen molar-refractivity contribution in [3.8, 4) is 22.9 Å². The summed E-state index contributed by atoms with van der Waals surface area (Å²) in [7, 11) is 0. The highest BCUT2D eigenvalue weighted by Crippen LogP contribution is 2.31. The second kappa shape index (κ2) is 26.1. The zero-order valence-electron chi connectivity index (χ0n) is 33.3. The van der Waals surface area contributed by atoms with Crippen molar-refractivity contribution in [1.29, 1.82) is 5.26 Å². The molecule has 288 valence electrons. The van der Waals surface area contributed by atoms with Crippen molar-refractivity contribution < 1.29 is 18.7 Å². The summed E-state index contributed by atoms with van der Waals surface area (Å²) in [6.07, 6.45) is 6.61. The van der Waals surface area contributed by atoms with Crippen LogP contribution in [0.2, 0.25) is 0 Å². The third kappa shape index (κ3) is 15.9. The van der Waals surface area contributed by atoms with Gasteiger partial charge in [0.15, 0.2) is 0 Å². The molecule has 2 amide bonds. The van der Waals surface area contributed by atoms with Gasteiger partial charge in [-0.1, -0.05) is 96.7 Å². The van der Waals surface area contributed by atoms with Crippen LogP contribution in [0.3, 0.4) is 0 Å². The van der Waals surface area contributed by atoms with Crippen molar-refractivity contribution in [2.75, 3.05) is 10.6 Å². The van der Waals surface area contributed by atoms with Crippen molar-refractivity contribution in [3.63, 3.8) is 0 Å². The number of ether oxygens (including phenoxy) is 1. The first-order valence-corrected chi connectivity index (χ1v) is 18.6. The number of anilines is 2. The minimum atomic E-state index is -0.901. The van der Waals surface area contributed by atoms with Crippen LogP contribution in [0, 0.1) is 29.0 Å². The van der Waals surface area contributed by atoms with Crippen molar-refractivity contribution in [2.24, 2.45) is 10.2 Å². The Hall–Kier alpha value is -5.69. The quantitative estimate of drug-likeness (QED) is 0.0977. The first-order valence-electron chi connectivity index (χ1n) is 18.6. The number of carbonyl (C=O) groups excluding carboxylic acids is 2. The molecular formula is C44H56FN5O4. The number of nitroso groups, excluding NO2 is 1. The Balaban J connectivity index is 0.00000168. The predicted molar refractivity (Wildman–Crippen MR) is 221 cm³/mol. The number of hydrogen-bond acceptors (Lipinski definition) is 7. The van der Waals surface area contributed by atoms with Gasteiger partial charge in [-0.25, -0.2) is 4.39 Å². The van der Waals surface area contributed by atoms with Crippen LogP contribution in [0.4, 0.5) is 21.5 Å². The summed E-state index contributed by atoms with van der Waals surface area (Å²) in [5.74, 6) is -1.31. The number of aliphatic imine (C=N–C) groups is 1. The second-order valence-corrected chi connectivity index (χ2v) is 12.1. The Morgan fingerprint density at radius 2 is 1.63 bits per heavy atom. The number of carbonyl (C=O) groups is 2. The van der Waals surface area contributed by atoms with Gasteiger partial charge in [-0.15, -0.1) is 4.91 Å². The Morgan fingerprint density at radius 1 is 0.963 bits per heavy atom. The van der Waals surface area contributed by atoms with Crippen LogP contribution in [-0.2, 0) is 11.4 Å². The Morgan fingerprint density at radius 3 is 2.20 bits per heavy atom. The van der Waals surface area contributed by atoms with Crippen LogP contribution in [0.5, 0.6) is 5.75 Å².